The molecule has 8 heteroatoms. The summed E-state index contributed by atoms with van der Waals surface area (Å²) in [5.41, 5.74) is 0.0458. The lowest BCUT2D eigenvalue weighted by atomic mass is 9.80. The number of hydrogen-bond donors (Lipinski definition) is 2. The zero-order valence-corrected chi connectivity index (χ0v) is 15.8. The third-order valence-electron chi connectivity index (χ3n) is 5.93. The maximum atomic E-state index is 12.7. The van der Waals surface area contributed by atoms with Gasteiger partial charge in [-0.2, -0.15) is 0 Å². The molecule has 2 heterocycles. The minimum Gasteiger partial charge on any atom is -0.379 e. The molecule has 3 amide bonds. The molecule has 0 radical (unpaired) electrons. The minimum atomic E-state index is -0.581. The van der Waals surface area contributed by atoms with Crippen molar-refractivity contribution >= 4 is 11.9 Å². The van der Waals surface area contributed by atoms with Crippen molar-refractivity contribution in [2.24, 2.45) is 0 Å². The van der Waals surface area contributed by atoms with Crippen LogP contribution in [0, 0.1) is 0 Å². The van der Waals surface area contributed by atoms with Crippen molar-refractivity contribution in [3.8, 4) is 0 Å². The molecule has 3 rings (SSSR count). The van der Waals surface area contributed by atoms with Crippen molar-refractivity contribution < 1.29 is 19.1 Å². The van der Waals surface area contributed by atoms with Gasteiger partial charge >= 0.3 is 6.03 Å². The molecule has 3 aliphatic rings. The van der Waals surface area contributed by atoms with Crippen LogP contribution < -0.4 is 10.6 Å². The standard InChI is InChI=1S/C18H32N4O4/c1-19-16(23)15-13-21(7-12-26-15)17(24)20-14-18(5-3-2-4-6-18)22-8-10-25-11-9-22/h15H,2-14H2,1H3,(H,19,23)(H,20,24). The van der Waals surface area contributed by atoms with Gasteiger partial charge in [0.1, 0.15) is 0 Å². The average molecular weight is 368 g/mol. The summed E-state index contributed by atoms with van der Waals surface area (Å²) in [4.78, 5) is 28.7. The first-order valence-electron chi connectivity index (χ1n) is 9.83. The first-order chi connectivity index (χ1) is 12.6. The monoisotopic (exact) mass is 368 g/mol. The maximum absolute atomic E-state index is 12.7. The summed E-state index contributed by atoms with van der Waals surface area (Å²) in [7, 11) is 1.58. The lowest BCUT2D eigenvalue weighted by Gasteiger charge is -2.48. The Labute approximate surface area is 155 Å². The Morgan fingerprint density at radius 1 is 1.08 bits per heavy atom. The second-order valence-electron chi connectivity index (χ2n) is 7.46. The maximum Gasteiger partial charge on any atom is 0.317 e. The molecule has 2 saturated heterocycles. The third kappa shape index (κ3) is 4.47. The Morgan fingerprint density at radius 3 is 2.50 bits per heavy atom. The number of urea groups is 1. The van der Waals surface area contributed by atoms with Crippen LogP contribution in [0.1, 0.15) is 32.1 Å². The van der Waals surface area contributed by atoms with Crippen LogP contribution in [0.4, 0.5) is 4.79 Å². The average Bonchev–Trinajstić information content (AvgIpc) is 2.73. The fraction of sp³-hybridized carbons (Fsp3) is 0.889. The van der Waals surface area contributed by atoms with Gasteiger partial charge in [-0.3, -0.25) is 9.69 Å². The Bertz CT molecular complexity index is 490. The second kappa shape index (κ2) is 9.01. The molecule has 1 atom stereocenters. The number of morpholine rings is 2. The van der Waals surface area contributed by atoms with E-state index in [0.29, 0.717) is 26.2 Å². The van der Waals surface area contributed by atoms with Crippen LogP contribution in [0.3, 0.4) is 0 Å². The first-order valence-corrected chi connectivity index (χ1v) is 9.83. The van der Waals surface area contributed by atoms with Gasteiger partial charge in [0.15, 0.2) is 6.10 Å². The van der Waals surface area contributed by atoms with Gasteiger partial charge in [0.2, 0.25) is 0 Å². The van der Waals surface area contributed by atoms with Crippen molar-refractivity contribution in [3.05, 3.63) is 0 Å². The van der Waals surface area contributed by atoms with Gasteiger partial charge in [-0.15, -0.1) is 0 Å². The van der Waals surface area contributed by atoms with Gasteiger partial charge in [0, 0.05) is 38.8 Å². The Balaban J connectivity index is 1.57. The topological polar surface area (TPSA) is 83.1 Å². The second-order valence-corrected chi connectivity index (χ2v) is 7.46. The van der Waals surface area contributed by atoms with E-state index in [1.165, 1.54) is 19.3 Å². The Kier molecular flexibility index (Phi) is 6.72. The molecule has 0 bridgehead atoms. The number of carbonyl (C=O) groups excluding carboxylic acids is 2. The number of nitrogens with zero attached hydrogens (tertiary/aromatic N) is 2. The molecule has 2 N–H and O–H groups in total. The van der Waals surface area contributed by atoms with Crippen molar-refractivity contribution in [2.45, 2.75) is 43.7 Å². The quantitative estimate of drug-likeness (QED) is 0.740. The normalized spacial score (nSPS) is 27.0. The van der Waals surface area contributed by atoms with Crippen molar-refractivity contribution in [3.63, 3.8) is 0 Å². The predicted octanol–water partition coefficient (Wildman–Crippen LogP) is 0.178. The number of nitrogens with one attached hydrogen (secondary N) is 2. The van der Waals surface area contributed by atoms with Crippen LogP contribution in [0.15, 0.2) is 0 Å². The summed E-state index contributed by atoms with van der Waals surface area (Å²) in [5.74, 6) is -0.181. The summed E-state index contributed by atoms with van der Waals surface area (Å²) in [6.07, 6.45) is 5.36. The number of rotatable bonds is 4. The van der Waals surface area contributed by atoms with Crippen LogP contribution in [0.2, 0.25) is 0 Å². The highest BCUT2D eigenvalue weighted by molar-refractivity contribution is 5.82. The van der Waals surface area contributed by atoms with Crippen molar-refractivity contribution in [2.75, 3.05) is 59.6 Å². The van der Waals surface area contributed by atoms with Gasteiger partial charge < -0.3 is 25.0 Å². The number of hydrogen-bond acceptors (Lipinski definition) is 5. The van der Waals surface area contributed by atoms with E-state index in [-0.39, 0.29) is 17.5 Å². The summed E-state index contributed by atoms with van der Waals surface area (Å²) < 4.78 is 11.0. The highest BCUT2D eigenvalue weighted by Crippen LogP contribution is 2.33. The molecule has 1 aliphatic carbocycles. The van der Waals surface area contributed by atoms with Crippen LogP contribution in [0.5, 0.6) is 0 Å². The van der Waals surface area contributed by atoms with E-state index in [0.717, 1.165) is 39.1 Å². The number of carbonyl (C=O) groups is 2. The molecule has 0 spiro atoms. The molecular weight excluding hydrogens is 336 g/mol. The van der Waals surface area contributed by atoms with E-state index < -0.39 is 6.10 Å². The van der Waals surface area contributed by atoms with Crippen LogP contribution in [0.25, 0.3) is 0 Å². The molecule has 1 saturated carbocycles. The predicted molar refractivity (Wildman–Crippen MR) is 97.0 cm³/mol. The molecule has 0 aromatic carbocycles. The Hall–Kier alpha value is -1.38. The van der Waals surface area contributed by atoms with Crippen LogP contribution in [-0.4, -0.2) is 93.0 Å². The first kappa shape index (κ1) is 19.4. The summed E-state index contributed by atoms with van der Waals surface area (Å²) >= 11 is 0. The highest BCUT2D eigenvalue weighted by Gasteiger charge is 2.39. The van der Waals surface area contributed by atoms with E-state index in [1.54, 1.807) is 11.9 Å². The molecule has 8 nitrogen and oxygen atoms in total. The smallest absolute Gasteiger partial charge is 0.317 e. The van der Waals surface area contributed by atoms with Gasteiger partial charge in [0.05, 0.1) is 26.4 Å². The van der Waals surface area contributed by atoms with E-state index in [9.17, 15) is 9.59 Å². The van der Waals surface area contributed by atoms with Gasteiger partial charge in [-0.25, -0.2) is 4.79 Å². The lowest BCUT2D eigenvalue weighted by molar-refractivity contribution is -0.136. The van der Waals surface area contributed by atoms with Gasteiger partial charge in [0.25, 0.3) is 5.91 Å². The van der Waals surface area contributed by atoms with Crippen molar-refractivity contribution in [1.82, 2.24) is 20.4 Å². The molecule has 3 fully saturated rings. The zero-order valence-electron chi connectivity index (χ0n) is 15.8. The third-order valence-corrected chi connectivity index (χ3v) is 5.93. The molecule has 2 aliphatic heterocycles. The summed E-state index contributed by atoms with van der Waals surface area (Å²) in [5, 5.41) is 5.74. The largest absolute Gasteiger partial charge is 0.379 e. The van der Waals surface area contributed by atoms with E-state index >= 15 is 0 Å². The molecule has 0 aromatic heterocycles. The van der Waals surface area contributed by atoms with Crippen LogP contribution >= 0.6 is 0 Å². The fourth-order valence-electron chi connectivity index (χ4n) is 4.36. The fourth-order valence-corrected chi connectivity index (χ4v) is 4.36. The SMILES string of the molecule is CNC(=O)C1CN(C(=O)NCC2(N3CCOCC3)CCCCC2)CCO1. The van der Waals surface area contributed by atoms with E-state index in [1.807, 2.05) is 0 Å². The van der Waals surface area contributed by atoms with Crippen LogP contribution in [-0.2, 0) is 14.3 Å². The van der Waals surface area contributed by atoms with Gasteiger partial charge in [-0.05, 0) is 12.8 Å². The number of amides is 3. The zero-order chi connectivity index (χ0) is 18.4. The highest BCUT2D eigenvalue weighted by atomic mass is 16.5. The molecule has 1 unspecified atom stereocenters. The summed E-state index contributed by atoms with van der Waals surface area (Å²) in [6.45, 7) is 5.28. The summed E-state index contributed by atoms with van der Waals surface area (Å²) in [6, 6.07) is -0.0968. The Morgan fingerprint density at radius 2 is 1.81 bits per heavy atom. The number of ether oxygens (including phenoxy) is 2. The number of likely N-dealkylation sites (N-methyl/N-ethyl adjacent to an activating group) is 1. The molecular formula is C18H32N4O4. The van der Waals surface area contributed by atoms with E-state index in [2.05, 4.69) is 15.5 Å². The minimum absolute atomic E-state index is 0.0458. The van der Waals surface area contributed by atoms with Crippen molar-refractivity contribution in [1.29, 1.82) is 0 Å². The molecule has 26 heavy (non-hydrogen) atoms. The van der Waals surface area contributed by atoms with E-state index in [4.69, 9.17) is 9.47 Å². The lowest BCUT2D eigenvalue weighted by Crippen LogP contribution is -2.61. The molecule has 0 aromatic rings. The molecule has 148 valence electrons. The van der Waals surface area contributed by atoms with Gasteiger partial charge in [-0.1, -0.05) is 19.3 Å².